The van der Waals surface area contributed by atoms with E-state index in [0.717, 1.165) is 10.4 Å². The first-order valence-electron chi connectivity index (χ1n) is 10.2. The lowest BCUT2D eigenvalue weighted by molar-refractivity contribution is 0.100. The molecule has 0 aliphatic heterocycles. The number of ether oxygens (including phenoxy) is 2. The monoisotopic (exact) mass is 485 g/mol. The van der Waals surface area contributed by atoms with Gasteiger partial charge in [-0.05, 0) is 54.3 Å². The summed E-state index contributed by atoms with van der Waals surface area (Å²) >= 11 is 8.03. The molecule has 0 saturated heterocycles. The first-order valence-corrected chi connectivity index (χ1v) is 11.5. The minimum atomic E-state index is -0.581. The van der Waals surface area contributed by atoms with Gasteiger partial charge in [-0.25, -0.2) is 4.68 Å². The van der Waals surface area contributed by atoms with E-state index in [-0.39, 0.29) is 31.3 Å². The molecule has 0 radical (unpaired) electrons. The van der Waals surface area contributed by atoms with Crippen LogP contribution in [0, 0.1) is 5.82 Å². The van der Waals surface area contributed by atoms with Crippen molar-refractivity contribution < 1.29 is 18.7 Å². The molecule has 0 unspecified atom stereocenters. The van der Waals surface area contributed by atoms with Crippen LogP contribution in [-0.2, 0) is 6.54 Å². The number of halogens is 2. The molecule has 4 rings (SSSR count). The number of rotatable bonds is 9. The van der Waals surface area contributed by atoms with Crippen LogP contribution in [0.3, 0.4) is 0 Å². The highest BCUT2D eigenvalue weighted by Gasteiger charge is 2.21. The van der Waals surface area contributed by atoms with Crippen LogP contribution in [0.4, 0.5) is 4.39 Å². The van der Waals surface area contributed by atoms with Crippen LogP contribution in [0.2, 0.25) is 5.02 Å². The number of nitrogens with zero attached hydrogens (tertiary/aromatic N) is 2. The van der Waals surface area contributed by atoms with Crippen molar-refractivity contribution in [2.24, 2.45) is 5.73 Å². The molecule has 4 aromatic rings. The maximum Gasteiger partial charge on any atom is 0.249 e. The minimum Gasteiger partial charge on any atom is -0.490 e. The average molecular weight is 486 g/mol. The number of amides is 1. The largest absolute Gasteiger partial charge is 0.490 e. The Morgan fingerprint density at radius 3 is 2.55 bits per heavy atom. The molecule has 0 aliphatic rings. The van der Waals surface area contributed by atoms with E-state index >= 15 is 4.39 Å². The fourth-order valence-electron chi connectivity index (χ4n) is 3.28. The smallest absolute Gasteiger partial charge is 0.249 e. The molecule has 33 heavy (non-hydrogen) atoms. The van der Waals surface area contributed by atoms with Crippen LogP contribution in [-0.4, -0.2) is 28.9 Å². The summed E-state index contributed by atoms with van der Waals surface area (Å²) in [5, 5.41) is 6.86. The van der Waals surface area contributed by atoms with Gasteiger partial charge in [-0.3, -0.25) is 4.79 Å². The third kappa shape index (κ3) is 5.02. The molecular formula is C24H21ClFN3O3S. The Balaban J connectivity index is 1.50. The van der Waals surface area contributed by atoms with Gasteiger partial charge >= 0.3 is 0 Å². The second kappa shape index (κ2) is 10.1. The maximum absolute atomic E-state index is 15.1. The number of nitrogens with two attached hydrogens (primary N) is 1. The van der Waals surface area contributed by atoms with Crippen molar-refractivity contribution in [2.75, 3.05) is 13.2 Å². The van der Waals surface area contributed by atoms with E-state index in [9.17, 15) is 4.79 Å². The lowest BCUT2D eigenvalue weighted by atomic mass is 10.1. The molecule has 0 fully saturated rings. The van der Waals surface area contributed by atoms with E-state index in [2.05, 4.69) is 5.10 Å². The zero-order chi connectivity index (χ0) is 23.4. The molecule has 0 spiro atoms. The van der Waals surface area contributed by atoms with Crippen molar-refractivity contribution in [3.63, 3.8) is 0 Å². The molecule has 2 aromatic heterocycles. The van der Waals surface area contributed by atoms with Gasteiger partial charge in [-0.15, -0.1) is 11.3 Å². The van der Waals surface area contributed by atoms with Crippen LogP contribution in [0.5, 0.6) is 11.6 Å². The van der Waals surface area contributed by atoms with Gasteiger partial charge in [0.2, 0.25) is 17.6 Å². The minimum absolute atomic E-state index is 0.0224. The standard InChI is InChI=1S/C24H21ClFN3O3S/c1-2-31-24-21(26)22(15-5-7-16(8-6-15)23(27)30)28-29(24)11-12-32-19-10-9-17(14-18(19)25)20-4-3-13-33-20/h3-10,13-14H,2,11-12H2,1H3,(H2,27,30). The van der Waals surface area contributed by atoms with E-state index in [4.69, 9.17) is 26.8 Å². The summed E-state index contributed by atoms with van der Waals surface area (Å²) in [5.41, 5.74) is 7.24. The molecule has 0 aliphatic carbocycles. The lowest BCUT2D eigenvalue weighted by Crippen LogP contribution is -2.12. The Morgan fingerprint density at radius 1 is 1.15 bits per heavy atom. The fourth-order valence-corrected chi connectivity index (χ4v) is 4.24. The highest BCUT2D eigenvalue weighted by atomic mass is 35.5. The fraction of sp³-hybridized carbons (Fsp3) is 0.167. The van der Waals surface area contributed by atoms with Crippen molar-refractivity contribution in [3.8, 4) is 33.3 Å². The number of carbonyl (C=O) groups excluding carboxylic acids is 1. The molecule has 2 aromatic carbocycles. The molecule has 9 heteroatoms. The highest BCUT2D eigenvalue weighted by molar-refractivity contribution is 7.13. The number of thiophene rings is 1. The SMILES string of the molecule is CCOc1c(F)c(-c2ccc(C(N)=O)cc2)nn1CCOc1ccc(-c2cccs2)cc1Cl. The van der Waals surface area contributed by atoms with Crippen molar-refractivity contribution in [3.05, 3.63) is 76.4 Å². The van der Waals surface area contributed by atoms with E-state index in [1.165, 1.54) is 16.8 Å². The number of hydrogen-bond acceptors (Lipinski definition) is 5. The van der Waals surface area contributed by atoms with Gasteiger partial charge in [-0.1, -0.05) is 29.8 Å². The summed E-state index contributed by atoms with van der Waals surface area (Å²) in [7, 11) is 0. The Kier molecular flexibility index (Phi) is 6.96. The Labute approximate surface area is 199 Å². The van der Waals surface area contributed by atoms with Gasteiger partial charge in [0.1, 0.15) is 18.1 Å². The molecule has 1 amide bonds. The first kappa shape index (κ1) is 22.8. The quantitative estimate of drug-likeness (QED) is 0.332. The summed E-state index contributed by atoms with van der Waals surface area (Å²) < 4.78 is 27.8. The maximum atomic E-state index is 15.1. The Bertz CT molecular complexity index is 1260. The van der Waals surface area contributed by atoms with Gasteiger partial charge < -0.3 is 15.2 Å². The van der Waals surface area contributed by atoms with Gasteiger partial charge in [-0.2, -0.15) is 9.49 Å². The highest BCUT2D eigenvalue weighted by Crippen LogP contribution is 2.33. The number of aromatic nitrogens is 2. The van der Waals surface area contributed by atoms with Crippen LogP contribution in [0.25, 0.3) is 21.7 Å². The zero-order valence-corrected chi connectivity index (χ0v) is 19.3. The van der Waals surface area contributed by atoms with Crippen molar-refractivity contribution in [2.45, 2.75) is 13.5 Å². The molecule has 2 heterocycles. The van der Waals surface area contributed by atoms with Crippen molar-refractivity contribution in [1.29, 1.82) is 0 Å². The molecule has 6 nitrogen and oxygen atoms in total. The molecule has 0 atom stereocenters. The first-order chi connectivity index (χ1) is 16.0. The summed E-state index contributed by atoms with van der Waals surface area (Å²) in [6, 6.07) is 15.9. The Morgan fingerprint density at radius 2 is 1.91 bits per heavy atom. The second-order valence-corrected chi connectivity index (χ2v) is 8.39. The summed E-state index contributed by atoms with van der Waals surface area (Å²) in [5.74, 6) is -0.581. The number of primary amides is 1. The normalized spacial score (nSPS) is 10.9. The predicted molar refractivity (Wildman–Crippen MR) is 128 cm³/mol. The third-order valence-corrected chi connectivity index (χ3v) is 6.09. The molecule has 2 N–H and O–H groups in total. The van der Waals surface area contributed by atoms with Crippen LogP contribution >= 0.6 is 22.9 Å². The van der Waals surface area contributed by atoms with Crippen molar-refractivity contribution in [1.82, 2.24) is 9.78 Å². The van der Waals surface area contributed by atoms with Gasteiger partial charge in [0.15, 0.2) is 0 Å². The molecular weight excluding hydrogens is 465 g/mol. The Hall–Kier alpha value is -3.36. The van der Waals surface area contributed by atoms with Crippen molar-refractivity contribution >= 4 is 28.8 Å². The third-order valence-electron chi connectivity index (χ3n) is 4.87. The number of hydrogen-bond donors (Lipinski definition) is 1. The van der Waals surface area contributed by atoms with Gasteiger partial charge in [0, 0.05) is 16.0 Å². The van der Waals surface area contributed by atoms with Crippen LogP contribution in [0.15, 0.2) is 60.0 Å². The van der Waals surface area contributed by atoms with E-state index in [1.54, 1.807) is 30.4 Å². The molecule has 0 saturated carbocycles. The second-order valence-electron chi connectivity index (χ2n) is 7.04. The van der Waals surface area contributed by atoms with Crippen LogP contribution in [0.1, 0.15) is 17.3 Å². The topological polar surface area (TPSA) is 79.4 Å². The van der Waals surface area contributed by atoms with Gasteiger partial charge in [0.05, 0.1) is 18.2 Å². The number of benzene rings is 2. The summed E-state index contributed by atoms with van der Waals surface area (Å²) in [6.45, 7) is 2.50. The van der Waals surface area contributed by atoms with E-state index < -0.39 is 11.7 Å². The summed E-state index contributed by atoms with van der Waals surface area (Å²) in [6.07, 6.45) is 0. The number of carbonyl (C=O) groups is 1. The van der Waals surface area contributed by atoms with Gasteiger partial charge in [0.25, 0.3) is 0 Å². The van der Waals surface area contributed by atoms with Crippen LogP contribution < -0.4 is 15.2 Å². The molecule has 0 bridgehead atoms. The predicted octanol–water partition coefficient (Wildman–Crippen LogP) is 5.65. The van der Waals surface area contributed by atoms with E-state index in [0.29, 0.717) is 21.9 Å². The average Bonchev–Trinajstić information content (AvgIpc) is 3.45. The molecule has 170 valence electrons. The summed E-state index contributed by atoms with van der Waals surface area (Å²) in [4.78, 5) is 12.4. The van der Waals surface area contributed by atoms with E-state index in [1.807, 2.05) is 35.7 Å². The lowest BCUT2D eigenvalue weighted by Gasteiger charge is -2.11. The zero-order valence-electron chi connectivity index (χ0n) is 17.8.